The SMILES string of the molecule is [2H]c1c([2H])c([2H])c(-c2cc(C(C)(C)C)cc(-c3c([2H])c([2H])c([2H])c([2H])c3[2H])c2-[n+]2[c-]n(-c3[c-]c(Oc4[c-]c5c(cc4)c4ccccc4n5-c4cc(C(C)(C)C)ccn4)cc([Si](c4ccccc4)(c4ccccc4)c4ccccc4)c3)c3ccccc32)c([2H])c1[2H].[Pt]. The van der Waals surface area contributed by atoms with Gasteiger partial charge in [0.25, 0.3) is 6.33 Å². The van der Waals surface area contributed by atoms with E-state index in [-0.39, 0.29) is 54.4 Å². The third-order valence-electron chi connectivity index (χ3n) is 15.0. The molecule has 0 fully saturated rings. The van der Waals surface area contributed by atoms with Gasteiger partial charge in [0.2, 0.25) is 0 Å². The molecule has 0 amide bonds. The number of para-hydroxylation sites is 3. The number of pyridine rings is 1. The molecule has 0 saturated heterocycles. The third-order valence-corrected chi connectivity index (χ3v) is 19.8. The van der Waals surface area contributed by atoms with Gasteiger partial charge in [0, 0.05) is 44.3 Å². The van der Waals surface area contributed by atoms with E-state index in [0.717, 1.165) is 53.9 Å². The molecule has 0 atom stereocenters. The van der Waals surface area contributed by atoms with Crippen LogP contribution < -0.4 is 30.1 Å². The van der Waals surface area contributed by atoms with Gasteiger partial charge in [-0.1, -0.05) is 253 Å². The minimum atomic E-state index is -3.41. The van der Waals surface area contributed by atoms with Gasteiger partial charge in [0.05, 0.1) is 30.4 Å². The number of benzene rings is 10. The van der Waals surface area contributed by atoms with Gasteiger partial charge in [-0.25, -0.2) is 4.98 Å². The van der Waals surface area contributed by atoms with E-state index in [4.69, 9.17) is 17.9 Å². The normalized spacial score (nSPS) is 13.7. The van der Waals surface area contributed by atoms with Crippen LogP contribution in [0.4, 0.5) is 0 Å². The molecule has 398 valence electrons. The molecule has 0 aliphatic carbocycles. The maximum Gasteiger partial charge on any atom is 0.268 e. The molecule has 0 spiro atoms. The van der Waals surface area contributed by atoms with Crippen molar-refractivity contribution < 1.29 is 44.1 Å². The number of rotatable bonds is 11. The molecule has 0 radical (unpaired) electrons. The Balaban J connectivity index is 0.00000800. The summed E-state index contributed by atoms with van der Waals surface area (Å²) in [6.45, 7) is 12.4. The molecule has 0 saturated carbocycles. The summed E-state index contributed by atoms with van der Waals surface area (Å²) in [5, 5.41) is 6.18. The molecular weight excluding hydrogens is 1180 g/mol. The second-order valence-corrected chi connectivity index (χ2v) is 25.9. The van der Waals surface area contributed by atoms with Crippen LogP contribution in [0.3, 0.4) is 0 Å². The summed E-state index contributed by atoms with van der Waals surface area (Å²) in [6, 6.07) is 65.2. The fourth-order valence-electron chi connectivity index (χ4n) is 11.1. The summed E-state index contributed by atoms with van der Waals surface area (Å²) in [4.78, 5) is 4.93. The van der Waals surface area contributed by atoms with Crippen molar-refractivity contribution >= 4 is 61.7 Å². The standard InChI is InChI=1S/C74H60N4OSi.Pt/c1-73(2,3)54-42-43-75-71(46-54)78-67-37-23-22-36-63(67)64-41-40-57(50-70(64)78)79-58-47-56(48-62(49-58)80(59-30-16-9-17-31-59,60-32-18-10-19-33-60)61-34-20-11-21-35-61)76-51-77(69-39-25-24-38-68(69)76)72-65(52-26-12-7-13-27-52)44-55(74(4,5)6)45-66(72)53-28-14-8-15-29-53;/h7-46,48-49H,1-6H3;/q-2;/i7D,8D,12D,13D,14D,15D,26D,27D,28D,29D;. The Morgan fingerprint density at radius 1 is 0.506 bits per heavy atom. The predicted molar refractivity (Wildman–Crippen MR) is 332 cm³/mol. The molecule has 3 aromatic heterocycles. The number of hydrogen-bond donors (Lipinski definition) is 0. The topological polar surface area (TPSA) is 35.9 Å². The third kappa shape index (κ3) is 9.67. The number of imidazole rings is 1. The Hall–Kier alpha value is -8.67. The Kier molecular flexibility index (Phi) is 11.2. The smallest absolute Gasteiger partial charge is 0.268 e. The van der Waals surface area contributed by atoms with E-state index in [1.807, 2.05) is 98.3 Å². The van der Waals surface area contributed by atoms with E-state index >= 15 is 0 Å². The van der Waals surface area contributed by atoms with E-state index in [9.17, 15) is 5.48 Å². The van der Waals surface area contributed by atoms with Crippen LogP contribution in [-0.4, -0.2) is 22.2 Å². The van der Waals surface area contributed by atoms with Gasteiger partial charge in [-0.15, -0.1) is 29.7 Å². The summed E-state index contributed by atoms with van der Waals surface area (Å²) in [6.07, 6.45) is 5.51. The Morgan fingerprint density at radius 3 is 1.63 bits per heavy atom. The van der Waals surface area contributed by atoms with Crippen molar-refractivity contribution in [1.82, 2.24) is 14.1 Å². The molecule has 13 aromatic rings. The summed E-state index contributed by atoms with van der Waals surface area (Å²) in [5.74, 6) is 1.49. The van der Waals surface area contributed by atoms with Crippen LogP contribution in [0.25, 0.3) is 72.3 Å². The van der Waals surface area contributed by atoms with Gasteiger partial charge >= 0.3 is 0 Å². The number of aromatic nitrogens is 4. The molecule has 5 nitrogen and oxygen atoms in total. The Labute approximate surface area is 504 Å². The van der Waals surface area contributed by atoms with E-state index in [2.05, 4.69) is 153 Å². The first-order valence-corrected chi connectivity index (χ1v) is 28.7. The molecule has 0 aliphatic rings. The van der Waals surface area contributed by atoms with E-state index in [0.29, 0.717) is 33.8 Å². The largest absolute Gasteiger partial charge is 0.510 e. The number of fused-ring (bicyclic) bond motifs is 4. The van der Waals surface area contributed by atoms with Crippen LogP contribution in [0, 0.1) is 18.5 Å². The molecular formula is C74H60N4OPtSi-2. The Morgan fingerprint density at radius 2 is 1.05 bits per heavy atom. The first-order valence-electron chi connectivity index (χ1n) is 31.7. The number of ether oxygens (including phenoxy) is 1. The number of hydrogen-bond acceptors (Lipinski definition) is 2. The zero-order valence-electron chi connectivity index (χ0n) is 55.5. The second-order valence-electron chi connectivity index (χ2n) is 22.1. The molecule has 0 bridgehead atoms. The summed E-state index contributed by atoms with van der Waals surface area (Å²) in [5.41, 5.74) is 4.37. The van der Waals surface area contributed by atoms with Crippen molar-refractivity contribution in [1.29, 1.82) is 0 Å². The molecule has 0 unspecified atom stereocenters. The van der Waals surface area contributed by atoms with Gasteiger partial charge in [0.15, 0.2) is 8.07 Å². The zero-order valence-corrected chi connectivity index (χ0v) is 48.8. The summed E-state index contributed by atoms with van der Waals surface area (Å²) < 4.78 is 104. The average Bonchev–Trinajstić information content (AvgIpc) is 1.60. The maximum absolute atomic E-state index is 9.51. The summed E-state index contributed by atoms with van der Waals surface area (Å²) in [7, 11) is -3.41. The second kappa shape index (κ2) is 21.4. The molecule has 7 heteroatoms. The molecule has 3 heterocycles. The van der Waals surface area contributed by atoms with Gasteiger partial charge in [-0.2, -0.15) is 17.3 Å². The monoisotopic (exact) mass is 1250 g/mol. The molecule has 0 aliphatic heterocycles. The minimum Gasteiger partial charge on any atom is -0.510 e. The van der Waals surface area contributed by atoms with Crippen LogP contribution in [0.1, 0.15) is 66.4 Å². The van der Waals surface area contributed by atoms with Gasteiger partial charge < -0.3 is 13.9 Å². The van der Waals surface area contributed by atoms with Crippen molar-refractivity contribution in [2.24, 2.45) is 0 Å². The number of nitrogens with zero attached hydrogens (tertiary/aromatic N) is 4. The molecule has 10 aromatic carbocycles. The first kappa shape index (κ1) is 42.2. The van der Waals surface area contributed by atoms with E-state index in [1.165, 1.54) is 0 Å². The van der Waals surface area contributed by atoms with Crippen LogP contribution in [0.2, 0.25) is 0 Å². The van der Waals surface area contributed by atoms with Gasteiger partial charge in [-0.05, 0) is 89.0 Å². The van der Waals surface area contributed by atoms with Crippen molar-refractivity contribution in [3.05, 3.63) is 284 Å². The fourth-order valence-corrected chi connectivity index (χ4v) is 15.9. The van der Waals surface area contributed by atoms with Gasteiger partial charge in [-0.3, -0.25) is 4.57 Å². The summed E-state index contributed by atoms with van der Waals surface area (Å²) >= 11 is 0. The van der Waals surface area contributed by atoms with E-state index in [1.54, 1.807) is 16.7 Å². The fraction of sp³-hybridized carbons (Fsp3) is 0.108. The molecule has 0 N–H and O–H groups in total. The Bertz CT molecular complexity index is 4780. The van der Waals surface area contributed by atoms with Gasteiger partial charge in [0.1, 0.15) is 5.82 Å². The first-order chi connectivity index (χ1) is 43.1. The molecule has 81 heavy (non-hydrogen) atoms. The van der Waals surface area contributed by atoms with E-state index < -0.39 is 73.9 Å². The predicted octanol–water partition coefficient (Wildman–Crippen LogP) is 14.9. The van der Waals surface area contributed by atoms with Crippen LogP contribution >= 0.6 is 0 Å². The molecule has 13 rings (SSSR count). The minimum absolute atomic E-state index is 0. The average molecular weight is 1250 g/mol. The zero-order chi connectivity index (χ0) is 63.3. The van der Waals surface area contributed by atoms with Crippen molar-refractivity contribution in [3.8, 4) is 50.9 Å². The van der Waals surface area contributed by atoms with Crippen molar-refractivity contribution in [3.63, 3.8) is 0 Å². The van der Waals surface area contributed by atoms with Crippen LogP contribution in [0.15, 0.2) is 255 Å². The van der Waals surface area contributed by atoms with Crippen LogP contribution in [-0.2, 0) is 31.9 Å². The van der Waals surface area contributed by atoms with Crippen molar-refractivity contribution in [2.45, 2.75) is 52.4 Å². The van der Waals surface area contributed by atoms with Crippen LogP contribution in [0.5, 0.6) is 11.5 Å². The van der Waals surface area contributed by atoms with Crippen molar-refractivity contribution in [2.75, 3.05) is 0 Å². The maximum atomic E-state index is 9.51. The quantitative estimate of drug-likeness (QED) is 0.0560.